The Morgan fingerprint density at radius 2 is 1.59 bits per heavy atom. The van der Waals surface area contributed by atoms with Crippen LogP contribution in [-0.2, 0) is 11.2 Å². The van der Waals surface area contributed by atoms with Crippen molar-refractivity contribution >= 4 is 29.4 Å². The molecular formula is C24H18ClF2NO6. The molecule has 1 amide bonds. The van der Waals surface area contributed by atoms with E-state index in [-0.39, 0.29) is 22.6 Å². The molecular weight excluding hydrogens is 472 g/mol. The number of aliphatic hydroxyl groups is 1. The quantitative estimate of drug-likeness (QED) is 0.382. The van der Waals surface area contributed by atoms with Crippen LogP contribution in [-0.4, -0.2) is 45.3 Å². The molecule has 2 unspecified atom stereocenters. The monoisotopic (exact) mass is 489 g/mol. The fourth-order valence-corrected chi connectivity index (χ4v) is 3.60. The van der Waals surface area contributed by atoms with Crippen LogP contribution < -0.4 is 5.32 Å². The number of rotatable bonds is 8. The predicted octanol–water partition coefficient (Wildman–Crippen LogP) is 3.77. The number of hydrogen-bond acceptors (Lipinski definition) is 4. The zero-order chi connectivity index (χ0) is 25.0. The van der Waals surface area contributed by atoms with Gasteiger partial charge in [0.05, 0.1) is 11.6 Å². The number of hydrogen-bond donors (Lipinski definition) is 4. The molecule has 7 nitrogen and oxygen atoms in total. The Kier molecular flexibility index (Phi) is 7.60. The van der Waals surface area contributed by atoms with Crippen LogP contribution in [0, 0.1) is 11.6 Å². The number of carbonyl (C=O) groups excluding carboxylic acids is 1. The number of halogens is 3. The summed E-state index contributed by atoms with van der Waals surface area (Å²) in [6.07, 6.45) is -2.20. The molecule has 0 aromatic heterocycles. The van der Waals surface area contributed by atoms with Gasteiger partial charge in [0.15, 0.2) is 17.7 Å². The molecule has 0 radical (unpaired) electrons. The molecule has 4 N–H and O–H groups in total. The van der Waals surface area contributed by atoms with E-state index in [9.17, 15) is 38.5 Å². The molecule has 0 aliphatic carbocycles. The third-order valence-corrected chi connectivity index (χ3v) is 5.46. The fourth-order valence-electron chi connectivity index (χ4n) is 3.39. The van der Waals surface area contributed by atoms with E-state index in [4.69, 9.17) is 11.6 Å². The highest BCUT2D eigenvalue weighted by molar-refractivity contribution is 6.31. The highest BCUT2D eigenvalue weighted by Crippen LogP contribution is 2.29. The number of carboxylic acid groups (broad SMARTS) is 2. The average molecular weight is 490 g/mol. The summed E-state index contributed by atoms with van der Waals surface area (Å²) in [7, 11) is 0. The lowest BCUT2D eigenvalue weighted by molar-refractivity contribution is -0.148. The SMILES string of the molecule is O=C(NC(Cc1ccccc1Cl)C(O)C(=O)O)c1cc(F)c(F)c(-c2ccccc2C(=O)O)c1. The first kappa shape index (κ1) is 24.8. The largest absolute Gasteiger partial charge is 0.479 e. The van der Waals surface area contributed by atoms with Crippen LogP contribution in [0.4, 0.5) is 8.78 Å². The third-order valence-electron chi connectivity index (χ3n) is 5.09. The van der Waals surface area contributed by atoms with Gasteiger partial charge in [-0.3, -0.25) is 4.79 Å². The van der Waals surface area contributed by atoms with Gasteiger partial charge in [0, 0.05) is 16.1 Å². The van der Waals surface area contributed by atoms with Crippen molar-refractivity contribution in [1.82, 2.24) is 5.32 Å². The Hall–Kier alpha value is -3.82. The Labute approximate surface area is 197 Å². The molecule has 3 aromatic carbocycles. The molecule has 0 heterocycles. The smallest absolute Gasteiger partial charge is 0.336 e. The molecule has 3 aromatic rings. The topological polar surface area (TPSA) is 124 Å². The van der Waals surface area contributed by atoms with Crippen molar-refractivity contribution in [3.8, 4) is 11.1 Å². The van der Waals surface area contributed by atoms with Gasteiger partial charge in [-0.2, -0.15) is 0 Å². The molecule has 34 heavy (non-hydrogen) atoms. The van der Waals surface area contributed by atoms with Crippen molar-refractivity contribution < 1.29 is 38.5 Å². The minimum absolute atomic E-state index is 0.153. The number of aliphatic carboxylic acids is 1. The van der Waals surface area contributed by atoms with Crippen molar-refractivity contribution in [3.05, 3.63) is 94.0 Å². The normalized spacial score (nSPS) is 12.6. The number of amides is 1. The first-order valence-electron chi connectivity index (χ1n) is 9.87. The summed E-state index contributed by atoms with van der Waals surface area (Å²) >= 11 is 6.09. The molecule has 0 aliphatic heterocycles. The first-order valence-corrected chi connectivity index (χ1v) is 10.2. The number of nitrogens with one attached hydrogen (secondary N) is 1. The van der Waals surface area contributed by atoms with Crippen LogP contribution in [0.1, 0.15) is 26.3 Å². The second kappa shape index (κ2) is 10.4. The summed E-state index contributed by atoms with van der Waals surface area (Å²) < 4.78 is 28.9. The van der Waals surface area contributed by atoms with E-state index in [1.807, 2.05) is 0 Å². The molecule has 0 bridgehead atoms. The lowest BCUT2D eigenvalue weighted by atomic mass is 9.96. The first-order chi connectivity index (χ1) is 16.1. The van der Waals surface area contributed by atoms with E-state index < -0.39 is 52.8 Å². The highest BCUT2D eigenvalue weighted by atomic mass is 35.5. The van der Waals surface area contributed by atoms with Crippen molar-refractivity contribution in [3.63, 3.8) is 0 Å². The van der Waals surface area contributed by atoms with Gasteiger partial charge in [-0.25, -0.2) is 18.4 Å². The fraction of sp³-hybridized carbons (Fsp3) is 0.125. The average Bonchev–Trinajstić information content (AvgIpc) is 2.80. The van der Waals surface area contributed by atoms with Gasteiger partial charge in [-0.15, -0.1) is 0 Å². The zero-order valence-corrected chi connectivity index (χ0v) is 18.1. The second-order valence-corrected chi connectivity index (χ2v) is 7.74. The van der Waals surface area contributed by atoms with E-state index in [1.54, 1.807) is 24.3 Å². The molecule has 176 valence electrons. The van der Waals surface area contributed by atoms with E-state index in [2.05, 4.69) is 5.32 Å². The van der Waals surface area contributed by atoms with Gasteiger partial charge in [0.1, 0.15) is 0 Å². The van der Waals surface area contributed by atoms with E-state index in [0.717, 1.165) is 6.07 Å². The summed E-state index contributed by atoms with van der Waals surface area (Å²) in [4.78, 5) is 35.7. The summed E-state index contributed by atoms with van der Waals surface area (Å²) in [5.74, 6) is -6.77. The van der Waals surface area contributed by atoms with Crippen LogP contribution in [0.2, 0.25) is 5.02 Å². The Balaban J connectivity index is 1.99. The lowest BCUT2D eigenvalue weighted by Crippen LogP contribution is -2.48. The Morgan fingerprint density at radius 3 is 2.24 bits per heavy atom. The minimum atomic E-state index is -2.03. The van der Waals surface area contributed by atoms with E-state index in [0.29, 0.717) is 11.6 Å². The Morgan fingerprint density at radius 1 is 0.941 bits per heavy atom. The number of aliphatic hydroxyl groups excluding tert-OH is 1. The van der Waals surface area contributed by atoms with E-state index >= 15 is 0 Å². The van der Waals surface area contributed by atoms with Crippen molar-refractivity contribution in [2.24, 2.45) is 0 Å². The van der Waals surface area contributed by atoms with Crippen LogP contribution in [0.25, 0.3) is 11.1 Å². The highest BCUT2D eigenvalue weighted by Gasteiger charge is 2.29. The molecule has 3 rings (SSSR count). The maximum absolute atomic E-state index is 14.6. The maximum atomic E-state index is 14.6. The molecule has 10 heteroatoms. The molecule has 0 fully saturated rings. The van der Waals surface area contributed by atoms with Crippen LogP contribution in [0.5, 0.6) is 0 Å². The van der Waals surface area contributed by atoms with Crippen molar-refractivity contribution in [2.45, 2.75) is 18.6 Å². The van der Waals surface area contributed by atoms with Gasteiger partial charge >= 0.3 is 11.9 Å². The van der Waals surface area contributed by atoms with Gasteiger partial charge < -0.3 is 20.6 Å². The lowest BCUT2D eigenvalue weighted by Gasteiger charge is -2.22. The van der Waals surface area contributed by atoms with Crippen LogP contribution >= 0.6 is 11.6 Å². The molecule has 0 saturated heterocycles. The third kappa shape index (κ3) is 5.38. The van der Waals surface area contributed by atoms with Gasteiger partial charge in [0.2, 0.25) is 0 Å². The summed E-state index contributed by atoms with van der Waals surface area (Å²) in [5.41, 5.74) is -0.896. The minimum Gasteiger partial charge on any atom is -0.479 e. The van der Waals surface area contributed by atoms with E-state index in [1.165, 1.54) is 24.3 Å². The number of carbonyl (C=O) groups is 3. The van der Waals surface area contributed by atoms with Gasteiger partial charge in [0.25, 0.3) is 5.91 Å². The molecule has 0 aliphatic rings. The number of benzene rings is 3. The van der Waals surface area contributed by atoms with Gasteiger partial charge in [-0.05, 0) is 41.8 Å². The summed E-state index contributed by atoms with van der Waals surface area (Å²) in [6, 6.07) is 11.9. The summed E-state index contributed by atoms with van der Waals surface area (Å²) in [5, 5.41) is 31.3. The van der Waals surface area contributed by atoms with Crippen LogP contribution in [0.3, 0.4) is 0 Å². The Bertz CT molecular complexity index is 1270. The van der Waals surface area contributed by atoms with Crippen LogP contribution in [0.15, 0.2) is 60.7 Å². The molecule has 2 atom stereocenters. The maximum Gasteiger partial charge on any atom is 0.336 e. The number of carboxylic acids is 2. The number of aromatic carboxylic acids is 1. The second-order valence-electron chi connectivity index (χ2n) is 7.33. The van der Waals surface area contributed by atoms with Gasteiger partial charge in [-0.1, -0.05) is 48.0 Å². The molecule has 0 saturated carbocycles. The van der Waals surface area contributed by atoms with Crippen molar-refractivity contribution in [2.75, 3.05) is 0 Å². The molecule has 0 spiro atoms. The zero-order valence-electron chi connectivity index (χ0n) is 17.3. The standard InChI is InChI=1S/C24H18ClF2NO6/c25-17-8-4-1-5-12(17)11-19(21(29)24(33)34)28-22(30)13-9-16(20(27)18(26)10-13)14-6-2-3-7-15(14)23(31)32/h1-10,19,21,29H,11H2,(H,28,30)(H,31,32)(H,33,34). The van der Waals surface area contributed by atoms with Crippen molar-refractivity contribution in [1.29, 1.82) is 0 Å². The summed E-state index contributed by atoms with van der Waals surface area (Å²) in [6.45, 7) is 0. The predicted molar refractivity (Wildman–Crippen MR) is 119 cm³/mol.